The Morgan fingerprint density at radius 2 is 2.10 bits per heavy atom. The lowest BCUT2D eigenvalue weighted by Gasteiger charge is -2.15. The molecular formula is C14H17N3O2S. The summed E-state index contributed by atoms with van der Waals surface area (Å²) in [4.78, 5) is 25.4. The highest BCUT2D eigenvalue weighted by Crippen LogP contribution is 2.16. The topological polar surface area (TPSA) is 75.4 Å². The van der Waals surface area contributed by atoms with Crippen molar-refractivity contribution in [1.29, 1.82) is 0 Å². The summed E-state index contributed by atoms with van der Waals surface area (Å²) < 4.78 is 0. The molecule has 20 heavy (non-hydrogen) atoms. The molecule has 0 saturated carbocycles. The van der Waals surface area contributed by atoms with E-state index in [1.165, 1.54) is 0 Å². The first kappa shape index (κ1) is 14.5. The third kappa shape index (κ3) is 3.54. The molecule has 2 rings (SSSR count). The number of carbonyl (C=O) groups is 2. The first-order valence-electron chi connectivity index (χ1n) is 6.43. The lowest BCUT2D eigenvalue weighted by molar-refractivity contribution is -0.131. The highest BCUT2D eigenvalue weighted by molar-refractivity contribution is 7.80. The number of thiocarbonyl (C=S) groups is 1. The van der Waals surface area contributed by atoms with Crippen molar-refractivity contribution in [2.24, 2.45) is 11.7 Å². The molecule has 0 aliphatic carbocycles. The molecule has 0 spiro atoms. The summed E-state index contributed by atoms with van der Waals surface area (Å²) in [5.41, 5.74) is 6.92. The molecule has 0 aromatic heterocycles. The van der Waals surface area contributed by atoms with Crippen LogP contribution in [0.4, 0.5) is 5.69 Å². The van der Waals surface area contributed by atoms with Crippen molar-refractivity contribution < 1.29 is 9.59 Å². The Kier molecular flexibility index (Phi) is 4.34. The molecule has 2 amide bonds. The van der Waals surface area contributed by atoms with E-state index >= 15 is 0 Å². The lowest BCUT2D eigenvalue weighted by atomic mass is 10.2. The van der Waals surface area contributed by atoms with Crippen LogP contribution in [-0.4, -0.2) is 34.8 Å². The van der Waals surface area contributed by atoms with Crippen LogP contribution >= 0.6 is 12.2 Å². The second-order valence-corrected chi connectivity index (χ2v) is 5.51. The van der Waals surface area contributed by atoms with E-state index in [4.69, 9.17) is 18.0 Å². The van der Waals surface area contributed by atoms with Crippen LogP contribution in [0.5, 0.6) is 0 Å². The van der Waals surface area contributed by atoms with Gasteiger partial charge in [0.15, 0.2) is 0 Å². The summed E-state index contributed by atoms with van der Waals surface area (Å²) in [6, 6.07) is 6.98. The zero-order chi connectivity index (χ0) is 14.7. The van der Waals surface area contributed by atoms with Crippen molar-refractivity contribution in [3.8, 4) is 0 Å². The van der Waals surface area contributed by atoms with E-state index in [0.29, 0.717) is 29.6 Å². The van der Waals surface area contributed by atoms with Gasteiger partial charge >= 0.3 is 0 Å². The number of benzene rings is 1. The Bertz CT molecular complexity index is 542. The van der Waals surface area contributed by atoms with Crippen LogP contribution in [0.1, 0.15) is 18.9 Å². The summed E-state index contributed by atoms with van der Waals surface area (Å²) in [6.45, 7) is 2.75. The quantitative estimate of drug-likeness (QED) is 0.815. The predicted molar refractivity (Wildman–Crippen MR) is 81.3 cm³/mol. The molecule has 106 valence electrons. The number of nitrogens with one attached hydrogen (secondary N) is 1. The largest absolute Gasteiger partial charge is 0.389 e. The maximum absolute atomic E-state index is 11.9. The van der Waals surface area contributed by atoms with Gasteiger partial charge in [0.1, 0.15) is 4.99 Å². The number of amides is 2. The molecule has 0 radical (unpaired) electrons. The first-order chi connectivity index (χ1) is 9.45. The van der Waals surface area contributed by atoms with Crippen LogP contribution in [-0.2, 0) is 9.59 Å². The van der Waals surface area contributed by atoms with Gasteiger partial charge in [0.05, 0.1) is 6.54 Å². The van der Waals surface area contributed by atoms with Gasteiger partial charge in [-0.05, 0) is 30.2 Å². The van der Waals surface area contributed by atoms with Crippen LogP contribution < -0.4 is 11.1 Å². The van der Waals surface area contributed by atoms with Crippen LogP contribution in [0.2, 0.25) is 0 Å². The van der Waals surface area contributed by atoms with Crippen molar-refractivity contribution in [2.75, 3.05) is 18.4 Å². The van der Waals surface area contributed by atoms with Gasteiger partial charge in [-0.2, -0.15) is 0 Å². The molecule has 1 heterocycles. The zero-order valence-electron chi connectivity index (χ0n) is 11.3. The van der Waals surface area contributed by atoms with Gasteiger partial charge in [0, 0.05) is 24.2 Å². The highest BCUT2D eigenvalue weighted by Gasteiger charge is 2.27. The molecule has 0 bridgehead atoms. The minimum Gasteiger partial charge on any atom is -0.389 e. The van der Waals surface area contributed by atoms with Crippen molar-refractivity contribution in [3.63, 3.8) is 0 Å². The number of hydrogen-bond acceptors (Lipinski definition) is 3. The Hall–Kier alpha value is -1.95. The van der Waals surface area contributed by atoms with Gasteiger partial charge in [0.2, 0.25) is 11.8 Å². The number of anilines is 1. The fraction of sp³-hybridized carbons (Fsp3) is 0.357. The van der Waals surface area contributed by atoms with Gasteiger partial charge in [-0.1, -0.05) is 19.1 Å². The fourth-order valence-corrected chi connectivity index (χ4v) is 2.35. The van der Waals surface area contributed by atoms with E-state index in [2.05, 4.69) is 5.32 Å². The van der Waals surface area contributed by atoms with Gasteiger partial charge in [-0.25, -0.2) is 0 Å². The van der Waals surface area contributed by atoms with Gasteiger partial charge in [-0.3, -0.25) is 9.59 Å². The average Bonchev–Trinajstić information content (AvgIpc) is 2.68. The molecule has 5 nitrogen and oxygen atoms in total. The summed E-state index contributed by atoms with van der Waals surface area (Å²) >= 11 is 4.86. The Balaban J connectivity index is 1.91. The van der Waals surface area contributed by atoms with E-state index in [-0.39, 0.29) is 18.4 Å². The summed E-state index contributed by atoms with van der Waals surface area (Å²) in [5, 5.41) is 2.75. The number of nitrogens with zero attached hydrogens (tertiary/aromatic N) is 1. The first-order valence-corrected chi connectivity index (χ1v) is 6.84. The fourth-order valence-electron chi connectivity index (χ4n) is 2.21. The smallest absolute Gasteiger partial charge is 0.243 e. The molecule has 1 fully saturated rings. The van der Waals surface area contributed by atoms with Crippen LogP contribution in [0.15, 0.2) is 24.3 Å². The minimum atomic E-state index is -0.199. The molecule has 1 aliphatic heterocycles. The van der Waals surface area contributed by atoms with E-state index in [1.807, 2.05) is 6.92 Å². The monoisotopic (exact) mass is 291 g/mol. The number of carbonyl (C=O) groups excluding carboxylic acids is 2. The van der Waals surface area contributed by atoms with Gasteiger partial charge in [-0.15, -0.1) is 0 Å². The van der Waals surface area contributed by atoms with Crippen molar-refractivity contribution in [3.05, 3.63) is 29.8 Å². The van der Waals surface area contributed by atoms with E-state index in [9.17, 15) is 9.59 Å². The third-order valence-electron chi connectivity index (χ3n) is 3.20. The standard InChI is InChI=1S/C14H17N3O2S/c1-9-6-13(19)17(7-9)8-12(18)16-11-4-2-10(3-5-11)14(15)20/h2-5,9H,6-8H2,1H3,(H2,15,20)(H,16,18). The van der Waals surface area contributed by atoms with E-state index in [0.717, 1.165) is 5.56 Å². The number of likely N-dealkylation sites (tertiary alicyclic amines) is 1. The summed E-state index contributed by atoms with van der Waals surface area (Å²) in [5.74, 6) is 0.159. The van der Waals surface area contributed by atoms with Gasteiger partial charge < -0.3 is 16.0 Å². The number of hydrogen-bond donors (Lipinski definition) is 2. The van der Waals surface area contributed by atoms with Crippen LogP contribution in [0, 0.1) is 5.92 Å². The molecule has 3 N–H and O–H groups in total. The summed E-state index contributed by atoms with van der Waals surface area (Å²) in [6.07, 6.45) is 0.524. The summed E-state index contributed by atoms with van der Waals surface area (Å²) in [7, 11) is 0. The second-order valence-electron chi connectivity index (χ2n) is 5.07. The lowest BCUT2D eigenvalue weighted by Crippen LogP contribution is -2.34. The predicted octanol–water partition coefficient (Wildman–Crippen LogP) is 1.13. The Labute approximate surface area is 123 Å². The molecular weight excluding hydrogens is 274 g/mol. The van der Waals surface area contributed by atoms with Crippen molar-refractivity contribution >= 4 is 34.7 Å². The maximum atomic E-state index is 11.9. The SMILES string of the molecule is CC1CC(=O)N(CC(=O)Nc2ccc(C(N)=S)cc2)C1. The molecule has 1 aromatic carbocycles. The van der Waals surface area contributed by atoms with E-state index in [1.54, 1.807) is 29.2 Å². The molecule has 1 saturated heterocycles. The molecule has 6 heteroatoms. The number of rotatable bonds is 4. The van der Waals surface area contributed by atoms with E-state index < -0.39 is 0 Å². The average molecular weight is 291 g/mol. The second kappa shape index (κ2) is 6.00. The minimum absolute atomic E-state index is 0.0384. The molecule has 1 atom stereocenters. The van der Waals surface area contributed by atoms with Gasteiger partial charge in [0.25, 0.3) is 0 Å². The number of nitrogens with two attached hydrogens (primary N) is 1. The third-order valence-corrected chi connectivity index (χ3v) is 3.43. The Morgan fingerprint density at radius 1 is 1.45 bits per heavy atom. The zero-order valence-corrected chi connectivity index (χ0v) is 12.1. The highest BCUT2D eigenvalue weighted by atomic mass is 32.1. The van der Waals surface area contributed by atoms with Crippen molar-refractivity contribution in [2.45, 2.75) is 13.3 Å². The van der Waals surface area contributed by atoms with Crippen molar-refractivity contribution in [1.82, 2.24) is 4.90 Å². The Morgan fingerprint density at radius 3 is 2.60 bits per heavy atom. The normalized spacial score (nSPS) is 18.1. The molecule has 1 aliphatic rings. The maximum Gasteiger partial charge on any atom is 0.243 e. The molecule has 1 aromatic rings. The molecule has 1 unspecified atom stereocenters. The van der Waals surface area contributed by atoms with Crippen LogP contribution in [0.3, 0.4) is 0 Å². The van der Waals surface area contributed by atoms with Crippen LogP contribution in [0.25, 0.3) is 0 Å².